The van der Waals surface area contributed by atoms with Crippen molar-refractivity contribution in [1.29, 1.82) is 0 Å². The van der Waals surface area contributed by atoms with Crippen molar-refractivity contribution < 1.29 is 24.2 Å². The first-order chi connectivity index (χ1) is 28.8. The second-order valence-electron chi connectivity index (χ2n) is 16.3. The molecule has 3 aromatic heterocycles. The number of imide groups is 1. The Labute approximate surface area is 346 Å². The smallest absolute Gasteiger partial charge is 0.329 e. The van der Waals surface area contributed by atoms with Crippen LogP contribution in [-0.4, -0.2) is 79.7 Å². The predicted molar refractivity (Wildman–Crippen MR) is 231 cm³/mol. The number of nitrogens with one attached hydrogen (secondary N) is 2. The van der Waals surface area contributed by atoms with E-state index >= 15 is 0 Å². The number of aromatic nitrogens is 5. The number of hydrogen-bond acceptors (Lipinski definition) is 9. The molecule has 1 atom stereocenters. The molecule has 1 unspecified atom stereocenters. The minimum absolute atomic E-state index is 0.197. The first kappa shape index (κ1) is 42.3. The maximum atomic E-state index is 13.0. The Morgan fingerprint density at radius 2 is 1.56 bits per heavy atom. The van der Waals surface area contributed by atoms with Gasteiger partial charge in [-0.1, -0.05) is 50.1 Å². The maximum Gasteiger partial charge on any atom is 0.329 e. The van der Waals surface area contributed by atoms with Gasteiger partial charge in [-0.05, 0) is 106 Å². The summed E-state index contributed by atoms with van der Waals surface area (Å²) < 4.78 is 17.2. The van der Waals surface area contributed by atoms with E-state index in [1.165, 1.54) is 15.7 Å². The Hall–Kier alpha value is -4.85. The molecule has 2 fully saturated rings. The summed E-state index contributed by atoms with van der Waals surface area (Å²) in [5.41, 5.74) is 6.97. The molecule has 1 aliphatic heterocycles. The van der Waals surface area contributed by atoms with Gasteiger partial charge in [-0.15, -0.1) is 0 Å². The van der Waals surface area contributed by atoms with Crippen molar-refractivity contribution in [3.8, 4) is 11.1 Å². The Morgan fingerprint density at radius 3 is 2.32 bits per heavy atom. The summed E-state index contributed by atoms with van der Waals surface area (Å²) in [5, 5.41) is 17.0. The van der Waals surface area contributed by atoms with Crippen LogP contribution in [0.2, 0.25) is 0 Å². The van der Waals surface area contributed by atoms with E-state index in [1.54, 1.807) is 11.6 Å². The predicted octanol–water partition coefficient (Wildman–Crippen LogP) is 7.19. The van der Waals surface area contributed by atoms with Crippen LogP contribution < -0.4 is 16.3 Å². The van der Waals surface area contributed by atoms with Crippen molar-refractivity contribution in [2.24, 2.45) is 7.05 Å². The highest BCUT2D eigenvalue weighted by Crippen LogP contribution is 2.37. The Kier molecular flexibility index (Phi) is 14.6. The number of fused-ring (bicyclic) bond motifs is 2. The molecule has 13 nitrogen and oxygen atoms in total. The Morgan fingerprint density at radius 1 is 0.831 bits per heavy atom. The number of rotatable bonds is 21. The van der Waals surface area contributed by atoms with Crippen LogP contribution in [0.3, 0.4) is 0 Å². The molecule has 0 radical (unpaired) electrons. The van der Waals surface area contributed by atoms with E-state index in [0.717, 1.165) is 124 Å². The average molecular weight is 808 g/mol. The third-order valence-electron chi connectivity index (χ3n) is 12.0. The number of amides is 2. The molecule has 2 aromatic carbocycles. The molecule has 7 rings (SSSR count). The molecular formula is C46H61N7O6. The first-order valence-corrected chi connectivity index (χ1v) is 21.9. The molecule has 2 aliphatic rings. The highest BCUT2D eigenvalue weighted by atomic mass is 16.5. The van der Waals surface area contributed by atoms with E-state index in [9.17, 15) is 19.5 Å². The van der Waals surface area contributed by atoms with E-state index < -0.39 is 11.9 Å². The lowest BCUT2D eigenvalue weighted by atomic mass is 9.93. The Bertz CT molecular complexity index is 2230. The second-order valence-corrected chi connectivity index (χ2v) is 16.3. The van der Waals surface area contributed by atoms with Crippen LogP contribution in [-0.2, 0) is 39.0 Å². The van der Waals surface area contributed by atoms with Gasteiger partial charge in [0.25, 0.3) is 0 Å². The Balaban J connectivity index is 0.779. The summed E-state index contributed by atoms with van der Waals surface area (Å²) in [7, 11) is 1.72. The fraction of sp³-hybridized carbons (Fsp3) is 0.543. The SMILES string of the molecule is CCCCNc1ncc2c(-c3ccc(CCCCCOCCCOCCCc4ccc5c(c4)n(C)c(=O)n5C4CCC(=O)NC4=O)cc3)cn(C3CCC(O)CC3)c2n1. The average Bonchev–Trinajstić information content (AvgIpc) is 3.73. The third-order valence-corrected chi connectivity index (χ3v) is 12.0. The van der Waals surface area contributed by atoms with Crippen molar-refractivity contribution in [3.05, 3.63) is 76.5 Å². The molecule has 59 heavy (non-hydrogen) atoms. The number of benzene rings is 2. The van der Waals surface area contributed by atoms with Crippen molar-refractivity contribution in [2.75, 3.05) is 38.3 Å². The molecule has 13 heteroatoms. The fourth-order valence-corrected chi connectivity index (χ4v) is 8.54. The van der Waals surface area contributed by atoms with Gasteiger partial charge >= 0.3 is 5.69 Å². The number of ether oxygens (including phenoxy) is 2. The van der Waals surface area contributed by atoms with Crippen molar-refractivity contribution in [2.45, 2.75) is 121 Å². The molecule has 3 N–H and O–H groups in total. The van der Waals surface area contributed by atoms with Crippen molar-refractivity contribution in [1.82, 2.24) is 29.0 Å². The van der Waals surface area contributed by atoms with Crippen molar-refractivity contribution in [3.63, 3.8) is 0 Å². The highest BCUT2D eigenvalue weighted by Gasteiger charge is 2.31. The molecule has 5 aromatic rings. The molecule has 4 heterocycles. The van der Waals surface area contributed by atoms with Crippen LogP contribution in [0.15, 0.2) is 59.7 Å². The van der Waals surface area contributed by atoms with Gasteiger partial charge in [0.05, 0.1) is 17.1 Å². The lowest BCUT2D eigenvalue weighted by molar-refractivity contribution is -0.135. The molecule has 1 aliphatic carbocycles. The van der Waals surface area contributed by atoms with Gasteiger partial charge in [0, 0.05) is 75.8 Å². The number of piperidine rings is 1. The zero-order valence-corrected chi connectivity index (χ0v) is 34.8. The van der Waals surface area contributed by atoms with Gasteiger partial charge in [0.2, 0.25) is 17.8 Å². The monoisotopic (exact) mass is 807 g/mol. The van der Waals surface area contributed by atoms with Gasteiger partial charge in [0.15, 0.2) is 0 Å². The number of nitrogens with zero attached hydrogens (tertiary/aromatic N) is 5. The number of anilines is 1. The third kappa shape index (κ3) is 10.5. The fourth-order valence-electron chi connectivity index (χ4n) is 8.54. The molecule has 1 saturated heterocycles. The minimum atomic E-state index is -0.678. The summed E-state index contributed by atoms with van der Waals surface area (Å²) in [6.45, 7) is 5.81. The van der Waals surface area contributed by atoms with Gasteiger partial charge in [0.1, 0.15) is 11.7 Å². The van der Waals surface area contributed by atoms with E-state index in [0.29, 0.717) is 43.7 Å². The van der Waals surface area contributed by atoms with Crippen LogP contribution in [0.25, 0.3) is 33.2 Å². The topological polar surface area (TPSA) is 155 Å². The lowest BCUT2D eigenvalue weighted by Crippen LogP contribution is -2.44. The van der Waals surface area contributed by atoms with Gasteiger partial charge in [-0.25, -0.2) is 9.78 Å². The highest BCUT2D eigenvalue weighted by molar-refractivity contribution is 6.00. The molecule has 0 bridgehead atoms. The number of carbonyl (C=O) groups is 2. The van der Waals surface area contributed by atoms with E-state index in [4.69, 9.17) is 14.5 Å². The van der Waals surface area contributed by atoms with Crippen LogP contribution >= 0.6 is 0 Å². The maximum absolute atomic E-state index is 13.0. The number of unbranched alkanes of at least 4 members (excludes halogenated alkanes) is 3. The number of aliphatic hydroxyl groups is 1. The van der Waals surface area contributed by atoms with E-state index in [2.05, 4.69) is 57.6 Å². The van der Waals surface area contributed by atoms with Crippen LogP contribution in [0, 0.1) is 0 Å². The molecular weight excluding hydrogens is 747 g/mol. The summed E-state index contributed by atoms with van der Waals surface area (Å²) in [6.07, 6.45) is 17.2. The molecule has 2 amide bonds. The number of hydrogen-bond donors (Lipinski definition) is 3. The van der Waals surface area contributed by atoms with Crippen LogP contribution in [0.5, 0.6) is 0 Å². The lowest BCUT2D eigenvalue weighted by Gasteiger charge is -2.27. The normalized spacial score (nSPS) is 18.5. The first-order valence-electron chi connectivity index (χ1n) is 21.9. The van der Waals surface area contributed by atoms with Crippen LogP contribution in [0.4, 0.5) is 5.95 Å². The van der Waals surface area contributed by atoms with E-state index in [1.807, 2.05) is 24.4 Å². The van der Waals surface area contributed by atoms with Gasteiger partial charge in [-0.3, -0.25) is 24.0 Å². The number of aliphatic hydroxyl groups excluding tert-OH is 1. The quantitative estimate of drug-likeness (QED) is 0.0517. The summed E-state index contributed by atoms with van der Waals surface area (Å²) in [4.78, 5) is 46.7. The molecule has 0 spiro atoms. The largest absolute Gasteiger partial charge is 0.393 e. The number of imidazole rings is 1. The van der Waals surface area contributed by atoms with Gasteiger partial charge < -0.3 is 24.5 Å². The summed E-state index contributed by atoms with van der Waals surface area (Å²) >= 11 is 0. The second kappa shape index (κ2) is 20.4. The van der Waals surface area contributed by atoms with E-state index in [-0.39, 0.29) is 24.1 Å². The van der Waals surface area contributed by atoms with Gasteiger partial charge in [-0.2, -0.15) is 4.98 Å². The number of carbonyl (C=O) groups excluding carboxylic acids is 2. The standard InChI is InChI=1S/C46H61N7O6/c1-3-4-24-47-45-48-30-37-38(31-52(43(37)50-45)35-17-19-36(54)20-18-35)34-15-12-32(13-16-34)10-6-5-7-25-58-27-9-28-59-26-8-11-33-14-21-39-41(29-33)51(2)46(57)53(39)40-22-23-42(55)49-44(40)56/h12-16,21,29-31,35-36,40,54H,3-11,17-20,22-28H2,1-2H3,(H,47,48,50)(H,49,55,56). The zero-order chi connectivity index (χ0) is 41.1. The minimum Gasteiger partial charge on any atom is -0.393 e. The zero-order valence-electron chi connectivity index (χ0n) is 34.8. The van der Waals surface area contributed by atoms with Crippen molar-refractivity contribution >= 4 is 39.8 Å². The summed E-state index contributed by atoms with van der Waals surface area (Å²) in [5.74, 6) is -0.0415. The van der Waals surface area contributed by atoms with Crippen LogP contribution in [0.1, 0.15) is 114 Å². The summed E-state index contributed by atoms with van der Waals surface area (Å²) in [6, 6.07) is 14.5. The number of aryl methyl sites for hydroxylation is 3. The molecule has 1 saturated carbocycles. The molecule has 316 valence electrons.